The molecule has 0 saturated carbocycles. The van der Waals surface area contributed by atoms with Crippen LogP contribution >= 0.6 is 0 Å². The van der Waals surface area contributed by atoms with Gasteiger partial charge in [-0.1, -0.05) is 18.2 Å². The number of aromatic nitrogens is 2. The monoisotopic (exact) mass is 273 g/mol. The molecule has 106 valence electrons. The lowest BCUT2D eigenvalue weighted by Gasteiger charge is -2.23. The molecule has 1 aromatic heterocycles. The molecule has 1 aliphatic heterocycles. The number of para-hydroxylation sites is 1. The van der Waals surface area contributed by atoms with E-state index in [9.17, 15) is 0 Å². The van der Waals surface area contributed by atoms with Crippen molar-refractivity contribution >= 4 is 0 Å². The Labute approximate surface area is 118 Å². The number of morpholine rings is 1. The van der Waals surface area contributed by atoms with Gasteiger partial charge in [0.2, 0.25) is 0 Å². The van der Waals surface area contributed by atoms with E-state index < -0.39 is 0 Å². The maximum atomic E-state index is 5.69. The molecule has 0 bridgehead atoms. The summed E-state index contributed by atoms with van der Waals surface area (Å²) >= 11 is 0. The molecule has 0 amide bonds. The molecule has 20 heavy (non-hydrogen) atoms. The van der Waals surface area contributed by atoms with Gasteiger partial charge in [-0.2, -0.15) is 5.10 Å². The van der Waals surface area contributed by atoms with Gasteiger partial charge in [-0.3, -0.25) is 0 Å². The maximum absolute atomic E-state index is 5.69. The predicted molar refractivity (Wildman–Crippen MR) is 75.8 cm³/mol. The van der Waals surface area contributed by atoms with Crippen LogP contribution in [0.15, 0.2) is 42.7 Å². The maximum Gasteiger partial charge on any atom is 0.0933 e. The van der Waals surface area contributed by atoms with Crippen LogP contribution < -0.4 is 5.32 Å². The minimum atomic E-state index is 0.160. The molecule has 1 fully saturated rings. The molecule has 5 heteroatoms. The highest BCUT2D eigenvalue weighted by Gasteiger charge is 2.13. The number of ether oxygens (including phenoxy) is 2. The van der Waals surface area contributed by atoms with Crippen LogP contribution in [0.3, 0.4) is 0 Å². The smallest absolute Gasteiger partial charge is 0.0933 e. The minimum Gasteiger partial charge on any atom is -0.374 e. The van der Waals surface area contributed by atoms with E-state index in [0.29, 0.717) is 13.2 Å². The second-order valence-electron chi connectivity index (χ2n) is 4.84. The highest BCUT2D eigenvalue weighted by Crippen LogP contribution is 2.09. The molecule has 1 unspecified atom stereocenters. The fourth-order valence-electron chi connectivity index (χ4n) is 2.19. The normalized spacial score (nSPS) is 19.1. The third-order valence-electron chi connectivity index (χ3n) is 3.23. The molecule has 3 rings (SSSR count). The van der Waals surface area contributed by atoms with Crippen LogP contribution in [0.2, 0.25) is 0 Å². The van der Waals surface area contributed by atoms with Crippen LogP contribution in [0, 0.1) is 0 Å². The van der Waals surface area contributed by atoms with Crippen LogP contribution in [0.1, 0.15) is 5.56 Å². The number of benzene rings is 1. The number of nitrogens with zero attached hydrogens (tertiary/aromatic N) is 2. The molecule has 1 aromatic carbocycles. The first-order valence-corrected chi connectivity index (χ1v) is 6.91. The molecule has 1 atom stereocenters. The molecule has 0 radical (unpaired) electrons. The van der Waals surface area contributed by atoms with E-state index in [-0.39, 0.29) is 6.10 Å². The molecule has 1 N–H and O–H groups in total. The molecule has 0 aliphatic carbocycles. The topological polar surface area (TPSA) is 48.3 Å². The van der Waals surface area contributed by atoms with E-state index in [1.165, 1.54) is 0 Å². The summed E-state index contributed by atoms with van der Waals surface area (Å²) in [7, 11) is 0. The molecule has 2 aromatic rings. The van der Waals surface area contributed by atoms with Crippen molar-refractivity contribution in [1.82, 2.24) is 15.1 Å². The average molecular weight is 273 g/mol. The first kappa shape index (κ1) is 13.3. The summed E-state index contributed by atoms with van der Waals surface area (Å²) in [6.07, 6.45) is 4.00. The average Bonchev–Trinajstić information content (AvgIpc) is 2.98. The Balaban J connectivity index is 1.50. The first-order chi connectivity index (χ1) is 9.92. The fourth-order valence-corrected chi connectivity index (χ4v) is 2.19. The van der Waals surface area contributed by atoms with Crippen molar-refractivity contribution in [3.63, 3.8) is 0 Å². The van der Waals surface area contributed by atoms with Crippen LogP contribution in [-0.4, -0.2) is 42.2 Å². The Morgan fingerprint density at radius 3 is 3.05 bits per heavy atom. The molecule has 1 saturated heterocycles. The summed E-state index contributed by atoms with van der Waals surface area (Å²) in [6, 6.07) is 10.1. The van der Waals surface area contributed by atoms with Crippen molar-refractivity contribution < 1.29 is 9.47 Å². The summed E-state index contributed by atoms with van der Waals surface area (Å²) in [6.45, 7) is 3.74. The van der Waals surface area contributed by atoms with E-state index in [1.54, 1.807) is 0 Å². The first-order valence-electron chi connectivity index (χ1n) is 6.91. The number of hydrogen-bond donors (Lipinski definition) is 1. The zero-order valence-electron chi connectivity index (χ0n) is 11.4. The molecular weight excluding hydrogens is 254 g/mol. The van der Waals surface area contributed by atoms with Crippen molar-refractivity contribution in [2.75, 3.05) is 26.3 Å². The predicted octanol–water partition coefficient (Wildman–Crippen LogP) is 1.38. The van der Waals surface area contributed by atoms with Gasteiger partial charge in [-0.15, -0.1) is 0 Å². The van der Waals surface area contributed by atoms with Gasteiger partial charge in [0.1, 0.15) is 0 Å². The van der Waals surface area contributed by atoms with Crippen LogP contribution in [0.5, 0.6) is 0 Å². The highest BCUT2D eigenvalue weighted by molar-refractivity contribution is 5.30. The quantitative estimate of drug-likeness (QED) is 0.894. The van der Waals surface area contributed by atoms with E-state index in [2.05, 4.69) is 10.4 Å². The van der Waals surface area contributed by atoms with Crippen molar-refractivity contribution in [2.24, 2.45) is 0 Å². The van der Waals surface area contributed by atoms with Crippen LogP contribution in [-0.2, 0) is 16.1 Å². The van der Waals surface area contributed by atoms with Crippen molar-refractivity contribution in [1.29, 1.82) is 0 Å². The number of rotatable bonds is 5. The summed E-state index contributed by atoms with van der Waals surface area (Å²) < 4.78 is 13.1. The number of hydrogen-bond acceptors (Lipinski definition) is 4. The second kappa shape index (κ2) is 6.65. The van der Waals surface area contributed by atoms with Gasteiger partial charge in [0.15, 0.2) is 0 Å². The van der Waals surface area contributed by atoms with E-state index in [1.807, 2.05) is 47.4 Å². The standard InChI is InChI=1S/C15H19N3O2/c1-2-4-14(5-3-1)18-10-13(8-17-18)11-19-12-15-9-16-6-7-20-15/h1-5,8,10,15-16H,6-7,9,11-12H2. The van der Waals surface area contributed by atoms with Crippen LogP contribution in [0.25, 0.3) is 5.69 Å². The molecule has 5 nitrogen and oxygen atoms in total. The van der Waals surface area contributed by atoms with Gasteiger partial charge >= 0.3 is 0 Å². The Kier molecular flexibility index (Phi) is 4.42. The van der Waals surface area contributed by atoms with E-state index >= 15 is 0 Å². The largest absolute Gasteiger partial charge is 0.374 e. The van der Waals surface area contributed by atoms with Crippen molar-refractivity contribution in [2.45, 2.75) is 12.7 Å². The Morgan fingerprint density at radius 1 is 1.35 bits per heavy atom. The van der Waals surface area contributed by atoms with Gasteiger partial charge in [-0.25, -0.2) is 4.68 Å². The Bertz CT molecular complexity index is 521. The van der Waals surface area contributed by atoms with Gasteiger partial charge < -0.3 is 14.8 Å². The van der Waals surface area contributed by atoms with E-state index in [4.69, 9.17) is 9.47 Å². The summed E-state index contributed by atoms with van der Waals surface area (Å²) in [5.74, 6) is 0. The van der Waals surface area contributed by atoms with E-state index in [0.717, 1.165) is 30.9 Å². The Morgan fingerprint density at radius 2 is 2.25 bits per heavy atom. The third kappa shape index (κ3) is 3.45. The molecular formula is C15H19N3O2. The Hall–Kier alpha value is -1.69. The SMILES string of the molecule is c1ccc(-n2cc(COCC3CNCCO3)cn2)cc1. The zero-order valence-corrected chi connectivity index (χ0v) is 11.4. The molecule has 2 heterocycles. The van der Waals surface area contributed by atoms with Gasteiger partial charge in [0, 0.05) is 24.8 Å². The summed E-state index contributed by atoms with van der Waals surface area (Å²) in [5, 5.41) is 7.63. The fraction of sp³-hybridized carbons (Fsp3) is 0.400. The van der Waals surface area contributed by atoms with Crippen molar-refractivity contribution in [3.8, 4) is 5.69 Å². The summed E-state index contributed by atoms with van der Waals surface area (Å²) in [4.78, 5) is 0. The van der Waals surface area contributed by atoms with Gasteiger partial charge in [-0.05, 0) is 12.1 Å². The lowest BCUT2D eigenvalue weighted by atomic mass is 10.3. The highest BCUT2D eigenvalue weighted by atomic mass is 16.5. The summed E-state index contributed by atoms with van der Waals surface area (Å²) in [5.41, 5.74) is 2.12. The lowest BCUT2D eigenvalue weighted by Crippen LogP contribution is -2.40. The van der Waals surface area contributed by atoms with Gasteiger partial charge in [0.25, 0.3) is 0 Å². The number of nitrogens with one attached hydrogen (secondary N) is 1. The van der Waals surface area contributed by atoms with Gasteiger partial charge in [0.05, 0.1) is 37.8 Å². The minimum absolute atomic E-state index is 0.160. The third-order valence-corrected chi connectivity index (χ3v) is 3.23. The molecule has 0 spiro atoms. The lowest BCUT2D eigenvalue weighted by molar-refractivity contribution is -0.0357. The second-order valence-corrected chi connectivity index (χ2v) is 4.84. The van der Waals surface area contributed by atoms with Crippen molar-refractivity contribution in [3.05, 3.63) is 48.3 Å². The molecule has 1 aliphatic rings. The van der Waals surface area contributed by atoms with Crippen LogP contribution in [0.4, 0.5) is 0 Å². The zero-order chi connectivity index (χ0) is 13.6.